The molecule has 1 heterocycles. The lowest BCUT2D eigenvalue weighted by Crippen LogP contribution is -1.89. The Hall–Kier alpha value is -1.33. The summed E-state index contributed by atoms with van der Waals surface area (Å²) in [5.74, 6) is -0.159. The van der Waals surface area contributed by atoms with Crippen LogP contribution in [0.25, 0.3) is 10.4 Å². The lowest BCUT2D eigenvalue weighted by molar-refractivity contribution is 0.0702. The second kappa shape index (κ2) is 4.89. The molecule has 2 aromatic rings. The molecule has 0 unspecified atom stereocenters. The van der Waals surface area contributed by atoms with Crippen LogP contribution in [-0.2, 0) is 0 Å². The summed E-state index contributed by atoms with van der Waals surface area (Å²) >= 11 is 4.69. The van der Waals surface area contributed by atoms with Gasteiger partial charge in [-0.3, -0.25) is 0 Å². The number of thiophene rings is 1. The molecule has 0 bridgehead atoms. The van der Waals surface area contributed by atoms with Gasteiger partial charge in [-0.05, 0) is 30.3 Å². The Balaban J connectivity index is 2.47. The molecule has 3 nitrogen and oxygen atoms in total. The minimum atomic E-state index is -0.903. The van der Waals surface area contributed by atoms with Crippen molar-refractivity contribution >= 4 is 33.2 Å². The third-order valence-corrected chi connectivity index (χ3v) is 4.05. The molecule has 88 valence electrons. The fraction of sp³-hybridized carbons (Fsp3) is 0.0833. The first-order valence-electron chi connectivity index (χ1n) is 4.79. The molecule has 5 heteroatoms. The van der Waals surface area contributed by atoms with Crippen LogP contribution in [0, 0.1) is 0 Å². The van der Waals surface area contributed by atoms with Crippen LogP contribution in [0.4, 0.5) is 0 Å². The summed E-state index contributed by atoms with van der Waals surface area (Å²) in [5.41, 5.74) is 0.932. The minimum absolute atomic E-state index is 0.328. The zero-order chi connectivity index (χ0) is 12.4. The van der Waals surface area contributed by atoms with Crippen LogP contribution >= 0.6 is 27.3 Å². The van der Waals surface area contributed by atoms with Gasteiger partial charge in [0, 0.05) is 14.9 Å². The van der Waals surface area contributed by atoms with Crippen LogP contribution in [-0.4, -0.2) is 18.2 Å². The Labute approximate surface area is 111 Å². The number of carboxylic acids is 1. The summed E-state index contributed by atoms with van der Waals surface area (Å²) in [7, 11) is 1.60. The standard InChI is InChI=1S/C12H9BrO3S/c1-16-7-2-3-9(13)8(6-7)10-4-5-11(17-10)12(14)15/h2-6H,1H3,(H,14,15). The van der Waals surface area contributed by atoms with Crippen LogP contribution in [0.15, 0.2) is 34.8 Å². The maximum Gasteiger partial charge on any atom is 0.345 e. The first-order chi connectivity index (χ1) is 8.11. The number of halogens is 1. The largest absolute Gasteiger partial charge is 0.497 e. The third kappa shape index (κ3) is 2.50. The van der Waals surface area contributed by atoms with Crippen LogP contribution in [0.3, 0.4) is 0 Å². The molecule has 1 aromatic heterocycles. The van der Waals surface area contributed by atoms with Gasteiger partial charge in [-0.15, -0.1) is 11.3 Å². The molecule has 0 saturated carbocycles. The summed E-state index contributed by atoms with van der Waals surface area (Å²) in [4.78, 5) is 12.1. The fourth-order valence-corrected chi connectivity index (χ4v) is 2.88. The van der Waals surface area contributed by atoms with Gasteiger partial charge < -0.3 is 9.84 Å². The van der Waals surface area contributed by atoms with Crippen LogP contribution < -0.4 is 4.74 Å². The smallest absolute Gasteiger partial charge is 0.345 e. The maximum atomic E-state index is 10.8. The first kappa shape index (κ1) is 12.1. The molecule has 0 aliphatic rings. The lowest BCUT2D eigenvalue weighted by Gasteiger charge is -2.05. The second-order valence-electron chi connectivity index (χ2n) is 3.31. The maximum absolute atomic E-state index is 10.8. The Bertz CT molecular complexity index is 563. The van der Waals surface area contributed by atoms with Gasteiger partial charge in [0.1, 0.15) is 10.6 Å². The molecule has 0 aliphatic heterocycles. The van der Waals surface area contributed by atoms with E-state index in [1.165, 1.54) is 11.3 Å². The number of ether oxygens (including phenoxy) is 1. The van der Waals surface area contributed by atoms with Crippen molar-refractivity contribution < 1.29 is 14.6 Å². The number of methoxy groups -OCH3 is 1. The normalized spacial score (nSPS) is 10.2. The Kier molecular flexibility index (Phi) is 3.49. The Morgan fingerprint density at radius 2 is 2.12 bits per heavy atom. The van der Waals surface area contributed by atoms with Gasteiger partial charge in [-0.25, -0.2) is 4.79 Å². The monoisotopic (exact) mass is 312 g/mol. The van der Waals surface area contributed by atoms with E-state index in [1.54, 1.807) is 19.2 Å². The van der Waals surface area contributed by atoms with E-state index in [0.717, 1.165) is 20.7 Å². The SMILES string of the molecule is COc1ccc(Br)c(-c2ccc(C(=O)O)s2)c1. The molecule has 0 saturated heterocycles. The average Bonchev–Trinajstić information content (AvgIpc) is 2.79. The van der Waals surface area contributed by atoms with E-state index in [9.17, 15) is 4.79 Å². The van der Waals surface area contributed by atoms with Crippen molar-refractivity contribution in [2.24, 2.45) is 0 Å². The van der Waals surface area contributed by atoms with Crippen molar-refractivity contribution in [1.29, 1.82) is 0 Å². The molecule has 0 radical (unpaired) electrons. The predicted octanol–water partition coefficient (Wildman–Crippen LogP) is 3.88. The highest BCUT2D eigenvalue weighted by atomic mass is 79.9. The van der Waals surface area contributed by atoms with Gasteiger partial charge in [0.05, 0.1) is 7.11 Å². The zero-order valence-corrected chi connectivity index (χ0v) is 11.3. The van der Waals surface area contributed by atoms with Crippen LogP contribution in [0.2, 0.25) is 0 Å². The summed E-state index contributed by atoms with van der Waals surface area (Å²) in [6, 6.07) is 9.01. The minimum Gasteiger partial charge on any atom is -0.497 e. The highest BCUT2D eigenvalue weighted by Gasteiger charge is 2.11. The summed E-state index contributed by atoms with van der Waals surface area (Å²) < 4.78 is 6.07. The third-order valence-electron chi connectivity index (χ3n) is 2.26. The molecule has 17 heavy (non-hydrogen) atoms. The van der Waals surface area contributed by atoms with Gasteiger partial charge in [0.25, 0.3) is 0 Å². The quantitative estimate of drug-likeness (QED) is 0.935. The molecular weight excluding hydrogens is 304 g/mol. The number of benzene rings is 1. The molecule has 0 spiro atoms. The number of hydrogen-bond donors (Lipinski definition) is 1. The summed E-state index contributed by atoms with van der Waals surface area (Å²) in [6.45, 7) is 0. The number of rotatable bonds is 3. The van der Waals surface area contributed by atoms with Crippen molar-refractivity contribution in [3.8, 4) is 16.2 Å². The highest BCUT2D eigenvalue weighted by Crippen LogP contribution is 2.35. The summed E-state index contributed by atoms with van der Waals surface area (Å²) in [5, 5.41) is 8.89. The molecule has 0 atom stereocenters. The number of aromatic carboxylic acids is 1. The number of hydrogen-bond acceptors (Lipinski definition) is 3. The first-order valence-corrected chi connectivity index (χ1v) is 6.40. The van der Waals surface area contributed by atoms with Crippen LogP contribution in [0.5, 0.6) is 5.75 Å². The zero-order valence-electron chi connectivity index (χ0n) is 8.94. The molecule has 0 fully saturated rings. The van der Waals surface area contributed by atoms with E-state index in [0.29, 0.717) is 4.88 Å². The van der Waals surface area contributed by atoms with E-state index in [2.05, 4.69) is 15.9 Å². The van der Waals surface area contributed by atoms with Gasteiger partial charge in [0.2, 0.25) is 0 Å². The van der Waals surface area contributed by atoms with Crippen molar-refractivity contribution in [1.82, 2.24) is 0 Å². The molecule has 0 aliphatic carbocycles. The van der Waals surface area contributed by atoms with E-state index in [4.69, 9.17) is 9.84 Å². The Morgan fingerprint density at radius 1 is 1.35 bits per heavy atom. The van der Waals surface area contributed by atoms with Crippen molar-refractivity contribution in [3.63, 3.8) is 0 Å². The topological polar surface area (TPSA) is 46.5 Å². The van der Waals surface area contributed by atoms with Gasteiger partial charge in [-0.1, -0.05) is 15.9 Å². The van der Waals surface area contributed by atoms with E-state index in [-0.39, 0.29) is 0 Å². The Morgan fingerprint density at radius 3 is 2.71 bits per heavy atom. The van der Waals surface area contributed by atoms with Gasteiger partial charge in [0.15, 0.2) is 0 Å². The van der Waals surface area contributed by atoms with Gasteiger partial charge in [-0.2, -0.15) is 0 Å². The van der Waals surface area contributed by atoms with Crippen molar-refractivity contribution in [3.05, 3.63) is 39.7 Å². The number of carbonyl (C=O) groups is 1. The number of carboxylic acid groups (broad SMARTS) is 1. The second-order valence-corrected chi connectivity index (χ2v) is 5.25. The van der Waals surface area contributed by atoms with E-state index < -0.39 is 5.97 Å². The van der Waals surface area contributed by atoms with Crippen molar-refractivity contribution in [2.75, 3.05) is 7.11 Å². The molecule has 1 N–H and O–H groups in total. The lowest BCUT2D eigenvalue weighted by atomic mass is 10.2. The molecule has 0 amide bonds. The predicted molar refractivity (Wildman–Crippen MR) is 71.0 cm³/mol. The molecule has 1 aromatic carbocycles. The highest BCUT2D eigenvalue weighted by molar-refractivity contribution is 9.10. The van der Waals surface area contributed by atoms with Crippen molar-refractivity contribution in [2.45, 2.75) is 0 Å². The van der Waals surface area contributed by atoms with Crippen LogP contribution in [0.1, 0.15) is 9.67 Å². The van der Waals surface area contributed by atoms with Gasteiger partial charge >= 0.3 is 5.97 Å². The summed E-state index contributed by atoms with van der Waals surface area (Å²) in [6.07, 6.45) is 0. The van der Waals surface area contributed by atoms with E-state index >= 15 is 0 Å². The average molecular weight is 313 g/mol. The molecule has 2 rings (SSSR count). The molecular formula is C12H9BrO3S. The fourth-order valence-electron chi connectivity index (χ4n) is 1.42. The van der Waals surface area contributed by atoms with E-state index in [1.807, 2.05) is 18.2 Å².